The number of carbonyl (C=O) groups excluding carboxylic acids is 1. The minimum absolute atomic E-state index is 0.479. The predicted octanol–water partition coefficient (Wildman–Crippen LogP) is -6.64. The number of H-pyrrole nitrogens is 1. The molecule has 1 aromatic rings. The summed E-state index contributed by atoms with van der Waals surface area (Å²) in [6.45, 7) is -1.48. The van der Waals surface area contributed by atoms with Crippen molar-refractivity contribution in [2.24, 2.45) is 5.73 Å². The molecule has 1 aliphatic heterocycles. The van der Waals surface area contributed by atoms with Crippen molar-refractivity contribution in [2.45, 2.75) is 48.9 Å². The van der Waals surface area contributed by atoms with Gasteiger partial charge in [0.2, 0.25) is 0 Å². The predicted molar refractivity (Wildman–Crippen MR) is 115 cm³/mol. The molecular weight excluding hydrogens is 556 g/mol. The summed E-state index contributed by atoms with van der Waals surface area (Å²) >= 11 is 0. The number of phosphoric acid groups is 1. The molecule has 13 N–H and O–H groups in total. The molecule has 0 aromatic carbocycles. The molecule has 20 nitrogen and oxygen atoms in total. The van der Waals surface area contributed by atoms with Crippen molar-refractivity contribution in [1.29, 1.82) is 0 Å². The first-order chi connectivity index (χ1) is 16.9. The molecule has 1 fully saturated rings. The van der Waals surface area contributed by atoms with Crippen molar-refractivity contribution in [3.63, 3.8) is 0 Å². The standard InChI is InChI=1S/C9H12N2O6.C6H15NO11P2/c12-3-4-6(14)7(15)8(17-4)11-2-1-5(13)10-9(11)16;7-3(5(11)4(10)2(9)1-8)6(12)19(13,14)18-20(15,16)17/h1-2,4,6-8,12,14-15H,3H2,(H,10,13,16);2-5,8-11H,1,7H2,(H,13,14)(H2,15,16,17)/t4-,6-,7-,8-;2-,3-,4-,5-/m11/s1. The number of nitrogens with one attached hydrogen (secondary N) is 1. The highest BCUT2D eigenvalue weighted by Crippen LogP contribution is 2.57. The van der Waals surface area contributed by atoms with Crippen LogP contribution in [0.3, 0.4) is 0 Å². The molecule has 0 amide bonds. The molecule has 214 valence electrons. The number of carbonyl (C=O) groups is 1. The molecule has 22 heteroatoms. The van der Waals surface area contributed by atoms with Crippen molar-refractivity contribution < 1.29 is 73.4 Å². The molecule has 0 bridgehead atoms. The van der Waals surface area contributed by atoms with Gasteiger partial charge < -0.3 is 60.9 Å². The number of hydrogen-bond acceptors (Lipinski definition) is 15. The Hall–Kier alpha value is -1.71. The molecule has 2 heterocycles. The van der Waals surface area contributed by atoms with Crippen LogP contribution < -0.4 is 17.0 Å². The van der Waals surface area contributed by atoms with E-state index in [-0.39, 0.29) is 0 Å². The lowest BCUT2D eigenvalue weighted by Gasteiger charge is -2.26. The molecule has 1 aromatic heterocycles. The first kappa shape index (κ1) is 33.3. The van der Waals surface area contributed by atoms with Gasteiger partial charge in [0.05, 0.1) is 13.2 Å². The van der Waals surface area contributed by atoms with Gasteiger partial charge in [0.25, 0.3) is 11.1 Å². The van der Waals surface area contributed by atoms with E-state index in [9.17, 15) is 43.9 Å². The molecule has 0 radical (unpaired) electrons. The summed E-state index contributed by atoms with van der Waals surface area (Å²) in [4.78, 5) is 61.4. The quantitative estimate of drug-likeness (QED) is 0.114. The van der Waals surface area contributed by atoms with Crippen LogP contribution in [-0.4, -0.2) is 121 Å². The van der Waals surface area contributed by atoms with E-state index in [4.69, 9.17) is 40.5 Å². The van der Waals surface area contributed by atoms with Crippen LogP contribution in [-0.2, 0) is 23.0 Å². The van der Waals surface area contributed by atoms with E-state index in [1.165, 1.54) is 0 Å². The Morgan fingerprint density at radius 3 is 2.11 bits per heavy atom. The largest absolute Gasteiger partial charge is 0.477 e. The van der Waals surface area contributed by atoms with Crippen molar-refractivity contribution in [2.75, 3.05) is 13.2 Å². The smallest absolute Gasteiger partial charge is 0.394 e. The third-order valence-corrected chi connectivity index (χ3v) is 7.31. The maximum atomic E-state index is 11.4. The Kier molecular flexibility index (Phi) is 12.0. The summed E-state index contributed by atoms with van der Waals surface area (Å²) in [5.41, 5.74) is 1.72. The Morgan fingerprint density at radius 1 is 1.11 bits per heavy atom. The third-order valence-electron chi connectivity index (χ3n) is 4.72. The van der Waals surface area contributed by atoms with E-state index in [0.717, 1.165) is 16.8 Å². The molecule has 0 spiro atoms. The summed E-state index contributed by atoms with van der Waals surface area (Å²) in [6.07, 6.45) is -9.91. The Labute approximate surface area is 205 Å². The van der Waals surface area contributed by atoms with Gasteiger partial charge in [0, 0.05) is 12.3 Å². The molecule has 37 heavy (non-hydrogen) atoms. The van der Waals surface area contributed by atoms with Gasteiger partial charge in [0.15, 0.2) is 6.23 Å². The highest BCUT2D eigenvalue weighted by atomic mass is 31.3. The van der Waals surface area contributed by atoms with E-state index < -0.39 is 94.3 Å². The van der Waals surface area contributed by atoms with Crippen molar-refractivity contribution in [1.82, 2.24) is 9.55 Å². The van der Waals surface area contributed by atoms with Gasteiger partial charge in [-0.2, -0.15) is 0 Å². The topological polar surface area (TPSA) is 353 Å². The number of aromatic nitrogens is 2. The third kappa shape index (κ3) is 8.93. The average molecular weight is 583 g/mol. The fourth-order valence-electron chi connectivity index (χ4n) is 2.80. The van der Waals surface area contributed by atoms with Gasteiger partial charge in [-0.25, -0.2) is 13.7 Å². The number of nitrogens with zero attached hydrogens (tertiary/aromatic N) is 1. The number of hydrogen-bond donors (Lipinski definition) is 12. The van der Waals surface area contributed by atoms with Crippen LogP contribution in [0.4, 0.5) is 0 Å². The number of aliphatic hydroxyl groups excluding tert-OH is 7. The number of aromatic amines is 1. The van der Waals surface area contributed by atoms with Crippen molar-refractivity contribution in [3.8, 4) is 0 Å². The number of nitrogens with two attached hydrogens (primary N) is 1. The van der Waals surface area contributed by atoms with E-state index in [0.29, 0.717) is 0 Å². The number of ether oxygens (including phenoxy) is 1. The zero-order valence-corrected chi connectivity index (χ0v) is 20.2. The second-order valence-electron chi connectivity index (χ2n) is 7.43. The van der Waals surface area contributed by atoms with Crippen LogP contribution in [0.15, 0.2) is 21.9 Å². The normalized spacial score (nSPS) is 26.8. The molecule has 1 unspecified atom stereocenters. The monoisotopic (exact) mass is 583 g/mol. The summed E-state index contributed by atoms with van der Waals surface area (Å²) in [7, 11) is -11.0. The first-order valence-corrected chi connectivity index (χ1v) is 13.0. The van der Waals surface area contributed by atoms with Gasteiger partial charge in [0.1, 0.15) is 42.7 Å². The lowest BCUT2D eigenvalue weighted by atomic mass is 10.0. The average Bonchev–Trinajstić information content (AvgIpc) is 3.09. The van der Waals surface area contributed by atoms with Crippen LogP contribution in [0.25, 0.3) is 0 Å². The second-order valence-corrected chi connectivity index (χ2v) is 10.5. The second kappa shape index (κ2) is 13.4. The fourth-order valence-corrected chi connectivity index (χ4v) is 4.81. The minimum Gasteiger partial charge on any atom is -0.394 e. The van der Waals surface area contributed by atoms with Crippen molar-refractivity contribution in [3.05, 3.63) is 33.1 Å². The van der Waals surface area contributed by atoms with Crippen molar-refractivity contribution >= 4 is 20.9 Å². The van der Waals surface area contributed by atoms with E-state index in [1.54, 1.807) is 0 Å². The van der Waals surface area contributed by atoms with Crippen LogP contribution in [0, 0.1) is 0 Å². The van der Waals surface area contributed by atoms with E-state index >= 15 is 0 Å². The highest BCUT2D eigenvalue weighted by Gasteiger charge is 2.46. The summed E-state index contributed by atoms with van der Waals surface area (Å²) in [6, 6.07) is -1.20. The summed E-state index contributed by atoms with van der Waals surface area (Å²) in [5, 5.41) is 64.2. The minimum atomic E-state index is -5.54. The molecule has 0 aliphatic carbocycles. The molecule has 0 saturated carbocycles. The zero-order chi connectivity index (χ0) is 28.9. The molecular formula is C15H27N3O17P2. The van der Waals surface area contributed by atoms with Crippen LogP contribution in [0.2, 0.25) is 0 Å². The lowest BCUT2D eigenvalue weighted by molar-refractivity contribution is -0.123. The Balaban J connectivity index is 0.000000373. The molecule has 2 rings (SSSR count). The highest BCUT2D eigenvalue weighted by molar-refractivity contribution is 7.76. The summed E-state index contributed by atoms with van der Waals surface area (Å²) < 4.78 is 31.1. The summed E-state index contributed by atoms with van der Waals surface area (Å²) in [5.74, 6) is 0. The van der Waals surface area contributed by atoms with E-state index in [1.807, 2.05) is 4.98 Å². The lowest BCUT2D eigenvalue weighted by Crippen LogP contribution is -2.52. The van der Waals surface area contributed by atoms with Crippen LogP contribution in [0.1, 0.15) is 6.23 Å². The van der Waals surface area contributed by atoms with Gasteiger partial charge in [-0.05, 0) is 0 Å². The van der Waals surface area contributed by atoms with Crippen LogP contribution >= 0.6 is 15.4 Å². The molecule has 1 saturated heterocycles. The molecule has 1 aliphatic rings. The van der Waals surface area contributed by atoms with Crippen LogP contribution in [0.5, 0.6) is 0 Å². The number of rotatable bonds is 10. The fraction of sp³-hybridized carbons (Fsp3) is 0.667. The zero-order valence-electron chi connectivity index (χ0n) is 18.4. The number of aliphatic hydroxyl groups is 7. The van der Waals surface area contributed by atoms with Gasteiger partial charge in [-0.3, -0.25) is 23.7 Å². The van der Waals surface area contributed by atoms with E-state index in [2.05, 4.69) is 4.31 Å². The Bertz CT molecular complexity index is 1120. The SMILES string of the molecule is N[C@@H](C(=O)P(=O)(O)OP(=O)(O)O)[C@@H](O)[C@H](O)[C@H](O)CO.O=c1ccn([C@@H]2O[C@H](CO)[C@@H](O)[C@H]2O)c(=O)[nH]1. The maximum absolute atomic E-state index is 11.4. The first-order valence-electron chi connectivity index (χ1n) is 9.86. The van der Waals surface area contributed by atoms with Gasteiger partial charge >= 0.3 is 21.1 Å². The maximum Gasteiger partial charge on any atom is 0.477 e. The van der Waals surface area contributed by atoms with Gasteiger partial charge in [-0.1, -0.05) is 0 Å². The molecule has 9 atom stereocenters. The Morgan fingerprint density at radius 2 is 1.68 bits per heavy atom. The van der Waals surface area contributed by atoms with Gasteiger partial charge in [-0.15, -0.1) is 0 Å².